The zero-order chi connectivity index (χ0) is 7.78. The third kappa shape index (κ3) is 2.77. The first-order chi connectivity index (χ1) is 4.50. The van der Waals surface area contributed by atoms with Crippen LogP contribution in [0.1, 0.15) is 24.5 Å². The van der Waals surface area contributed by atoms with Gasteiger partial charge in [0.25, 0.3) is 0 Å². The Labute approximate surface area is 77.2 Å². The second-order valence-corrected chi connectivity index (χ2v) is 3.87. The molecule has 0 atom stereocenters. The first-order valence-electron chi connectivity index (χ1n) is 3.21. The highest BCUT2D eigenvalue weighted by Crippen LogP contribution is 2.20. The van der Waals surface area contributed by atoms with Crippen LogP contribution in [0.4, 0.5) is 0 Å². The Kier molecular flexibility index (Phi) is 3.48. The molecule has 1 heterocycles. The quantitative estimate of drug-likeness (QED) is 0.740. The Morgan fingerprint density at radius 1 is 1.55 bits per heavy atom. The van der Waals surface area contributed by atoms with Gasteiger partial charge in [-0.3, -0.25) is 0 Å². The topological polar surface area (TPSA) is 38.9 Å². The standard InChI is InChI=1S/C7H12N2S.ClH/c1-5-4-10-6(9-5)7(2,3)8;/h4H,8H2,1-3H3;1H. The van der Waals surface area contributed by atoms with E-state index >= 15 is 0 Å². The van der Waals surface area contributed by atoms with Crippen molar-refractivity contribution in [3.8, 4) is 0 Å². The van der Waals surface area contributed by atoms with Gasteiger partial charge in [-0.2, -0.15) is 0 Å². The largest absolute Gasteiger partial charge is 0.320 e. The maximum Gasteiger partial charge on any atom is 0.112 e. The van der Waals surface area contributed by atoms with E-state index in [9.17, 15) is 0 Å². The predicted octanol–water partition coefficient (Wildman–Crippen LogP) is 2.07. The Balaban J connectivity index is 0.000001000. The molecule has 0 spiro atoms. The Hall–Kier alpha value is -0.120. The van der Waals surface area contributed by atoms with E-state index < -0.39 is 0 Å². The predicted molar refractivity (Wildman–Crippen MR) is 51.3 cm³/mol. The van der Waals surface area contributed by atoms with Crippen LogP contribution in [0.15, 0.2) is 5.38 Å². The van der Waals surface area contributed by atoms with Crippen molar-refractivity contribution in [3.63, 3.8) is 0 Å². The number of halogens is 1. The maximum atomic E-state index is 5.82. The molecule has 1 aromatic heterocycles. The van der Waals surface area contributed by atoms with Gasteiger partial charge in [0.15, 0.2) is 0 Å². The molecular formula is C7H13ClN2S. The molecule has 1 aromatic rings. The van der Waals surface area contributed by atoms with Gasteiger partial charge in [-0.1, -0.05) is 0 Å². The molecule has 64 valence electrons. The van der Waals surface area contributed by atoms with Crippen LogP contribution in [0, 0.1) is 6.92 Å². The lowest BCUT2D eigenvalue weighted by Gasteiger charge is -2.13. The van der Waals surface area contributed by atoms with Crippen molar-refractivity contribution in [2.24, 2.45) is 5.73 Å². The Morgan fingerprint density at radius 2 is 2.09 bits per heavy atom. The number of rotatable bonds is 1. The molecule has 2 N–H and O–H groups in total. The molecule has 0 fully saturated rings. The van der Waals surface area contributed by atoms with Gasteiger partial charge in [0.1, 0.15) is 5.01 Å². The van der Waals surface area contributed by atoms with Gasteiger partial charge in [-0.25, -0.2) is 4.98 Å². The Morgan fingerprint density at radius 3 is 2.27 bits per heavy atom. The first-order valence-corrected chi connectivity index (χ1v) is 4.09. The van der Waals surface area contributed by atoms with Gasteiger partial charge < -0.3 is 5.73 Å². The van der Waals surface area contributed by atoms with Crippen molar-refractivity contribution in [3.05, 3.63) is 16.1 Å². The summed E-state index contributed by atoms with van der Waals surface area (Å²) >= 11 is 1.62. The number of thiazole rings is 1. The van der Waals surface area contributed by atoms with Crippen LogP contribution >= 0.6 is 23.7 Å². The fourth-order valence-corrected chi connectivity index (χ4v) is 1.49. The smallest absolute Gasteiger partial charge is 0.112 e. The number of nitrogens with two attached hydrogens (primary N) is 1. The number of nitrogens with zero attached hydrogens (tertiary/aromatic N) is 1. The Bertz CT molecular complexity index is 227. The van der Waals surface area contributed by atoms with Crippen LogP contribution in [0.25, 0.3) is 0 Å². The number of aryl methyl sites for hydroxylation is 1. The summed E-state index contributed by atoms with van der Waals surface area (Å²) in [5, 5.41) is 3.02. The van der Waals surface area contributed by atoms with Crippen molar-refractivity contribution in [2.75, 3.05) is 0 Å². The van der Waals surface area contributed by atoms with Crippen LogP contribution in [0.5, 0.6) is 0 Å². The van der Waals surface area contributed by atoms with Crippen molar-refractivity contribution in [1.82, 2.24) is 4.98 Å². The lowest BCUT2D eigenvalue weighted by atomic mass is 10.1. The molecular weight excluding hydrogens is 180 g/mol. The molecule has 0 aliphatic rings. The average Bonchev–Trinajstić information content (AvgIpc) is 2.11. The minimum atomic E-state index is -0.279. The van der Waals surface area contributed by atoms with Gasteiger partial charge in [0.2, 0.25) is 0 Å². The molecule has 0 aliphatic carbocycles. The van der Waals surface area contributed by atoms with E-state index in [2.05, 4.69) is 4.98 Å². The number of hydrogen-bond donors (Lipinski definition) is 1. The van der Waals surface area contributed by atoms with E-state index in [4.69, 9.17) is 5.73 Å². The lowest BCUT2D eigenvalue weighted by Crippen LogP contribution is -2.28. The van der Waals surface area contributed by atoms with E-state index in [1.807, 2.05) is 26.2 Å². The molecule has 0 aliphatic heterocycles. The van der Waals surface area contributed by atoms with Crippen molar-refractivity contribution >= 4 is 23.7 Å². The molecule has 0 bridgehead atoms. The van der Waals surface area contributed by atoms with Crippen LogP contribution in [-0.2, 0) is 5.54 Å². The second-order valence-electron chi connectivity index (χ2n) is 3.02. The summed E-state index contributed by atoms with van der Waals surface area (Å²) in [5.74, 6) is 0. The van der Waals surface area contributed by atoms with Crippen molar-refractivity contribution in [1.29, 1.82) is 0 Å². The molecule has 0 radical (unpaired) electrons. The summed E-state index contributed by atoms with van der Waals surface area (Å²) in [4.78, 5) is 4.28. The normalized spacial score (nSPS) is 10.9. The molecule has 0 saturated heterocycles. The van der Waals surface area contributed by atoms with E-state index in [1.165, 1.54) is 0 Å². The molecule has 1 rings (SSSR count). The van der Waals surface area contributed by atoms with Crippen LogP contribution < -0.4 is 5.73 Å². The van der Waals surface area contributed by atoms with Gasteiger partial charge in [0, 0.05) is 11.1 Å². The van der Waals surface area contributed by atoms with Gasteiger partial charge in [-0.15, -0.1) is 23.7 Å². The van der Waals surface area contributed by atoms with Crippen molar-refractivity contribution < 1.29 is 0 Å². The summed E-state index contributed by atoms with van der Waals surface area (Å²) in [6.45, 7) is 5.91. The molecule has 0 amide bonds. The summed E-state index contributed by atoms with van der Waals surface area (Å²) < 4.78 is 0. The SMILES string of the molecule is Cc1csc(C(C)(C)N)n1.Cl. The fourth-order valence-electron chi connectivity index (χ4n) is 0.650. The van der Waals surface area contributed by atoms with Gasteiger partial charge in [0.05, 0.1) is 5.54 Å². The van der Waals surface area contributed by atoms with E-state index in [-0.39, 0.29) is 17.9 Å². The zero-order valence-corrected chi connectivity index (χ0v) is 8.55. The first kappa shape index (κ1) is 10.9. The summed E-state index contributed by atoms with van der Waals surface area (Å²) in [6, 6.07) is 0. The van der Waals surface area contributed by atoms with E-state index in [1.54, 1.807) is 11.3 Å². The number of hydrogen-bond acceptors (Lipinski definition) is 3. The highest BCUT2D eigenvalue weighted by molar-refractivity contribution is 7.09. The highest BCUT2D eigenvalue weighted by atomic mass is 35.5. The molecule has 2 nitrogen and oxygen atoms in total. The molecule has 11 heavy (non-hydrogen) atoms. The van der Waals surface area contributed by atoms with Crippen LogP contribution in [0.3, 0.4) is 0 Å². The highest BCUT2D eigenvalue weighted by Gasteiger charge is 2.17. The molecule has 0 saturated carbocycles. The van der Waals surface area contributed by atoms with Gasteiger partial charge in [-0.05, 0) is 20.8 Å². The van der Waals surface area contributed by atoms with Crippen molar-refractivity contribution in [2.45, 2.75) is 26.3 Å². The van der Waals surface area contributed by atoms with Crippen LogP contribution in [0.2, 0.25) is 0 Å². The fraction of sp³-hybridized carbons (Fsp3) is 0.571. The molecule has 4 heteroatoms. The zero-order valence-electron chi connectivity index (χ0n) is 6.92. The third-order valence-corrected chi connectivity index (χ3v) is 2.47. The monoisotopic (exact) mass is 192 g/mol. The average molecular weight is 193 g/mol. The summed E-state index contributed by atoms with van der Waals surface area (Å²) in [5.41, 5.74) is 6.59. The summed E-state index contributed by atoms with van der Waals surface area (Å²) in [6.07, 6.45) is 0. The minimum Gasteiger partial charge on any atom is -0.320 e. The van der Waals surface area contributed by atoms with Crippen LogP contribution in [-0.4, -0.2) is 4.98 Å². The molecule has 0 aromatic carbocycles. The third-order valence-electron chi connectivity index (χ3n) is 1.17. The second kappa shape index (κ2) is 3.52. The molecule has 0 unspecified atom stereocenters. The minimum absolute atomic E-state index is 0. The van der Waals surface area contributed by atoms with Gasteiger partial charge >= 0.3 is 0 Å². The van der Waals surface area contributed by atoms with E-state index in [0.717, 1.165) is 10.7 Å². The summed E-state index contributed by atoms with van der Waals surface area (Å²) in [7, 11) is 0. The maximum absolute atomic E-state index is 5.82. The van der Waals surface area contributed by atoms with E-state index in [0.29, 0.717) is 0 Å². The number of aromatic nitrogens is 1. The lowest BCUT2D eigenvalue weighted by molar-refractivity contribution is 0.549.